The summed E-state index contributed by atoms with van der Waals surface area (Å²) in [7, 11) is 3.00. The van der Waals surface area contributed by atoms with Gasteiger partial charge in [-0.25, -0.2) is 0 Å². The number of aldehydes is 1. The van der Waals surface area contributed by atoms with Crippen LogP contribution in [0.5, 0.6) is 0 Å². The second kappa shape index (κ2) is 34.8. The number of carbonyl (C=O) groups excluding carboxylic acids is 1. The van der Waals surface area contributed by atoms with Crippen molar-refractivity contribution in [3.63, 3.8) is 0 Å². The maximum Gasteiger partial charge on any atom is 0.185 e. The van der Waals surface area contributed by atoms with E-state index < -0.39 is 0 Å². The largest absolute Gasteiger partial charge is 0.462 e. The zero-order valence-electron chi connectivity index (χ0n) is 17.8. The van der Waals surface area contributed by atoms with Crippen LogP contribution in [-0.2, 0) is 4.74 Å². The number of rotatable bonds is 10. The monoisotopic (exact) mass is 372 g/mol. The summed E-state index contributed by atoms with van der Waals surface area (Å²) in [6.45, 7) is 14.7. The molecule has 0 amide bonds. The lowest BCUT2D eigenvalue weighted by atomic mass is 10.0. The van der Waals surface area contributed by atoms with Crippen molar-refractivity contribution in [3.05, 3.63) is 37.3 Å². The fourth-order valence-electron chi connectivity index (χ4n) is 1.75. The number of ether oxygens (including phenoxy) is 1. The van der Waals surface area contributed by atoms with Crippen molar-refractivity contribution in [3.8, 4) is 0 Å². The fourth-order valence-corrected chi connectivity index (χ4v) is 1.75. The molecule has 0 spiro atoms. The standard InChI is InChI=1S/C12H26O.C5H4O2.C2H4.2CH5N/c1-4-7-9-12(6-3)11-13-10-8-5-2;6-4-5-2-1-3-7-5;3*1-2/h12H,4-11H2,1-3H3;1-4H;1-2H2;2*2H2,1H3. The maximum absolute atomic E-state index is 9.77. The van der Waals surface area contributed by atoms with Gasteiger partial charge in [0.2, 0.25) is 0 Å². The van der Waals surface area contributed by atoms with Crippen LogP contribution in [0.1, 0.15) is 69.9 Å². The molecule has 0 aromatic carbocycles. The maximum atomic E-state index is 9.77. The van der Waals surface area contributed by atoms with E-state index in [9.17, 15) is 4.79 Å². The number of carbonyl (C=O) groups is 1. The first-order chi connectivity index (χ1) is 12.8. The van der Waals surface area contributed by atoms with Crippen LogP contribution < -0.4 is 11.5 Å². The molecule has 0 aliphatic heterocycles. The van der Waals surface area contributed by atoms with Crippen LogP contribution in [0.15, 0.2) is 36.0 Å². The first-order valence-corrected chi connectivity index (χ1v) is 9.50. The van der Waals surface area contributed by atoms with E-state index in [0.29, 0.717) is 12.0 Å². The Balaban J connectivity index is -0.000000156. The Kier molecular flexibility index (Phi) is 43.2. The van der Waals surface area contributed by atoms with E-state index >= 15 is 0 Å². The summed E-state index contributed by atoms with van der Waals surface area (Å²) in [4.78, 5) is 9.77. The van der Waals surface area contributed by atoms with E-state index in [-0.39, 0.29) is 0 Å². The molecule has 0 bridgehead atoms. The van der Waals surface area contributed by atoms with Crippen molar-refractivity contribution < 1.29 is 13.9 Å². The third kappa shape index (κ3) is 27.4. The molecule has 0 radical (unpaired) electrons. The molecular formula is C21H44N2O3. The van der Waals surface area contributed by atoms with Crippen molar-refractivity contribution >= 4 is 6.29 Å². The number of nitrogens with two attached hydrogens (primary N) is 2. The van der Waals surface area contributed by atoms with Gasteiger partial charge in [-0.05, 0) is 45.0 Å². The Hall–Kier alpha value is -1.43. The molecule has 1 aromatic rings. The van der Waals surface area contributed by atoms with Crippen LogP contribution in [0.25, 0.3) is 0 Å². The lowest BCUT2D eigenvalue weighted by Crippen LogP contribution is -2.09. The van der Waals surface area contributed by atoms with Gasteiger partial charge in [-0.3, -0.25) is 4.79 Å². The van der Waals surface area contributed by atoms with Gasteiger partial charge in [0.05, 0.1) is 6.26 Å². The molecule has 156 valence electrons. The topological polar surface area (TPSA) is 91.5 Å². The second-order valence-electron chi connectivity index (χ2n) is 4.98. The first kappa shape index (κ1) is 32.3. The molecule has 5 nitrogen and oxygen atoms in total. The summed E-state index contributed by atoms with van der Waals surface area (Å²) in [5.41, 5.74) is 9.00. The van der Waals surface area contributed by atoms with Gasteiger partial charge in [-0.1, -0.05) is 46.5 Å². The summed E-state index contributed by atoms with van der Waals surface area (Å²) < 4.78 is 10.2. The molecular weight excluding hydrogens is 328 g/mol. The Morgan fingerprint density at radius 1 is 1.12 bits per heavy atom. The van der Waals surface area contributed by atoms with Crippen molar-refractivity contribution in [1.82, 2.24) is 0 Å². The molecule has 0 saturated heterocycles. The summed E-state index contributed by atoms with van der Waals surface area (Å²) in [5.74, 6) is 1.18. The normalized spacial score (nSPS) is 9.50. The minimum Gasteiger partial charge on any atom is -0.462 e. The lowest BCUT2D eigenvalue weighted by Gasteiger charge is -2.14. The Morgan fingerprint density at radius 2 is 1.69 bits per heavy atom. The third-order valence-electron chi connectivity index (χ3n) is 3.20. The first-order valence-electron chi connectivity index (χ1n) is 9.50. The highest BCUT2D eigenvalue weighted by molar-refractivity contribution is 5.69. The van der Waals surface area contributed by atoms with Gasteiger partial charge in [0.25, 0.3) is 0 Å². The van der Waals surface area contributed by atoms with Gasteiger partial charge in [-0.15, -0.1) is 13.2 Å². The minimum absolute atomic E-state index is 0.375. The number of hydrogen-bond donors (Lipinski definition) is 2. The van der Waals surface area contributed by atoms with Crippen LogP contribution in [0.3, 0.4) is 0 Å². The molecule has 0 aliphatic rings. The molecule has 0 saturated carbocycles. The average Bonchev–Trinajstić information content (AvgIpc) is 3.26. The number of unbranched alkanes of at least 4 members (excludes halogenated alkanes) is 2. The summed E-state index contributed by atoms with van der Waals surface area (Å²) in [6.07, 6.45) is 9.87. The van der Waals surface area contributed by atoms with Crippen molar-refractivity contribution in [2.24, 2.45) is 17.4 Å². The SMILES string of the molecule is C=C.CCCCOCC(CC)CCCC.CN.CN.O=Cc1ccco1. The molecule has 5 heteroatoms. The summed E-state index contributed by atoms with van der Waals surface area (Å²) in [5, 5.41) is 0. The highest BCUT2D eigenvalue weighted by Gasteiger charge is 2.04. The average molecular weight is 373 g/mol. The van der Waals surface area contributed by atoms with E-state index in [2.05, 4.69) is 49.8 Å². The quantitative estimate of drug-likeness (QED) is 0.340. The fraction of sp³-hybridized carbons (Fsp3) is 0.667. The highest BCUT2D eigenvalue weighted by Crippen LogP contribution is 2.12. The van der Waals surface area contributed by atoms with Gasteiger partial charge >= 0.3 is 0 Å². The zero-order valence-corrected chi connectivity index (χ0v) is 17.8. The second-order valence-corrected chi connectivity index (χ2v) is 4.98. The van der Waals surface area contributed by atoms with Crippen LogP contribution in [0.4, 0.5) is 0 Å². The van der Waals surface area contributed by atoms with E-state index in [1.807, 2.05) is 0 Å². The van der Waals surface area contributed by atoms with Gasteiger partial charge in [0.15, 0.2) is 12.0 Å². The van der Waals surface area contributed by atoms with Crippen molar-refractivity contribution in [1.29, 1.82) is 0 Å². The van der Waals surface area contributed by atoms with Gasteiger partial charge in [-0.2, -0.15) is 0 Å². The van der Waals surface area contributed by atoms with Crippen LogP contribution >= 0.6 is 0 Å². The van der Waals surface area contributed by atoms with Gasteiger partial charge in [0, 0.05) is 13.2 Å². The molecule has 1 aromatic heterocycles. The van der Waals surface area contributed by atoms with Crippen LogP contribution in [-0.4, -0.2) is 33.6 Å². The Labute approximate surface area is 162 Å². The van der Waals surface area contributed by atoms with E-state index in [1.54, 1.807) is 12.1 Å². The van der Waals surface area contributed by atoms with Crippen molar-refractivity contribution in [2.75, 3.05) is 27.3 Å². The summed E-state index contributed by atoms with van der Waals surface area (Å²) >= 11 is 0. The van der Waals surface area contributed by atoms with Gasteiger partial charge in [0.1, 0.15) is 0 Å². The lowest BCUT2D eigenvalue weighted by molar-refractivity contribution is 0.0918. The van der Waals surface area contributed by atoms with E-state index in [0.717, 1.165) is 19.1 Å². The van der Waals surface area contributed by atoms with Gasteiger partial charge < -0.3 is 20.6 Å². The molecule has 0 aliphatic carbocycles. The molecule has 0 fully saturated rings. The minimum atomic E-state index is 0.375. The molecule has 26 heavy (non-hydrogen) atoms. The van der Waals surface area contributed by atoms with Crippen molar-refractivity contribution in [2.45, 2.75) is 59.3 Å². The van der Waals surface area contributed by atoms with Crippen LogP contribution in [0.2, 0.25) is 0 Å². The predicted octanol–water partition coefficient (Wildman–Crippen LogP) is 5.06. The third-order valence-corrected chi connectivity index (χ3v) is 3.20. The predicted molar refractivity (Wildman–Crippen MR) is 115 cm³/mol. The van der Waals surface area contributed by atoms with E-state index in [1.165, 1.54) is 58.9 Å². The number of furan rings is 1. The smallest absolute Gasteiger partial charge is 0.185 e. The molecule has 1 heterocycles. The van der Waals surface area contributed by atoms with E-state index in [4.69, 9.17) is 4.74 Å². The Morgan fingerprint density at radius 3 is 2.04 bits per heavy atom. The Bertz CT molecular complexity index is 317. The van der Waals surface area contributed by atoms with Crippen LogP contribution in [0, 0.1) is 5.92 Å². The molecule has 1 unspecified atom stereocenters. The summed E-state index contributed by atoms with van der Waals surface area (Å²) in [6, 6.07) is 3.27. The molecule has 4 N–H and O–H groups in total. The zero-order chi connectivity index (χ0) is 21.1. The molecule has 1 atom stereocenters. The molecule has 1 rings (SSSR count). The highest BCUT2D eigenvalue weighted by atomic mass is 16.5. The number of hydrogen-bond acceptors (Lipinski definition) is 5.